The van der Waals surface area contributed by atoms with Crippen LogP contribution in [0, 0.1) is 12.7 Å². The van der Waals surface area contributed by atoms with Crippen molar-refractivity contribution in [2.75, 3.05) is 0 Å². The van der Waals surface area contributed by atoms with Crippen LogP contribution in [0.5, 0.6) is 5.75 Å². The highest BCUT2D eigenvalue weighted by Crippen LogP contribution is 2.23. The van der Waals surface area contributed by atoms with E-state index in [4.69, 9.17) is 26.8 Å². The van der Waals surface area contributed by atoms with Gasteiger partial charge < -0.3 is 15.2 Å². The molecule has 0 aromatic heterocycles. The molecule has 1 rings (SSSR count). The highest BCUT2D eigenvalue weighted by molar-refractivity contribution is 6.60. The monoisotopic (exact) mass is 204 g/mol. The SMILES string of the molecule is Cc1cc(Cl)c(F)c(O)c1B(O)O. The molecule has 0 fully saturated rings. The van der Waals surface area contributed by atoms with E-state index in [0.717, 1.165) is 0 Å². The van der Waals surface area contributed by atoms with Gasteiger partial charge in [-0.15, -0.1) is 0 Å². The Morgan fingerprint density at radius 3 is 2.46 bits per heavy atom. The molecule has 0 amide bonds. The van der Waals surface area contributed by atoms with Crippen molar-refractivity contribution in [3.63, 3.8) is 0 Å². The Morgan fingerprint density at radius 1 is 1.46 bits per heavy atom. The lowest BCUT2D eigenvalue weighted by Gasteiger charge is -2.08. The maximum atomic E-state index is 12.9. The highest BCUT2D eigenvalue weighted by Gasteiger charge is 2.23. The molecule has 0 unspecified atom stereocenters. The fourth-order valence-electron chi connectivity index (χ4n) is 1.08. The van der Waals surface area contributed by atoms with E-state index in [9.17, 15) is 4.39 Å². The first-order valence-electron chi connectivity index (χ1n) is 3.48. The number of phenols is 1. The van der Waals surface area contributed by atoms with E-state index in [2.05, 4.69) is 0 Å². The maximum Gasteiger partial charge on any atom is 0.492 e. The zero-order valence-corrected chi connectivity index (χ0v) is 7.51. The molecule has 1 aromatic carbocycles. The predicted molar refractivity (Wildman–Crippen MR) is 47.6 cm³/mol. The van der Waals surface area contributed by atoms with Crippen LogP contribution in [0.25, 0.3) is 0 Å². The molecule has 0 aliphatic carbocycles. The Balaban J connectivity index is 3.44. The van der Waals surface area contributed by atoms with Crippen molar-refractivity contribution < 1.29 is 19.5 Å². The van der Waals surface area contributed by atoms with Gasteiger partial charge in [0.25, 0.3) is 0 Å². The molecule has 1 aromatic rings. The van der Waals surface area contributed by atoms with Crippen LogP contribution in [0.4, 0.5) is 4.39 Å². The Hall–Kier alpha value is -0.775. The predicted octanol–water partition coefficient (Wildman–Crippen LogP) is 0.173. The average Bonchev–Trinajstić information content (AvgIpc) is 1.99. The molecule has 0 spiro atoms. The van der Waals surface area contributed by atoms with Crippen LogP contribution in [-0.2, 0) is 0 Å². The van der Waals surface area contributed by atoms with E-state index < -0.39 is 18.7 Å². The van der Waals surface area contributed by atoms with Crippen molar-refractivity contribution in [1.82, 2.24) is 0 Å². The first-order chi connectivity index (χ1) is 5.95. The summed E-state index contributed by atoms with van der Waals surface area (Å²) < 4.78 is 12.9. The molecule has 0 saturated carbocycles. The number of rotatable bonds is 1. The summed E-state index contributed by atoms with van der Waals surface area (Å²) in [7, 11) is -1.91. The van der Waals surface area contributed by atoms with Gasteiger partial charge in [0.2, 0.25) is 0 Å². The summed E-state index contributed by atoms with van der Waals surface area (Å²) in [5.74, 6) is -1.87. The largest absolute Gasteiger partial charge is 0.505 e. The molecule has 0 aliphatic heterocycles. The van der Waals surface area contributed by atoms with Gasteiger partial charge in [-0.25, -0.2) is 4.39 Å². The van der Waals surface area contributed by atoms with E-state index in [-0.39, 0.29) is 10.5 Å². The normalized spacial score (nSPS) is 10.2. The van der Waals surface area contributed by atoms with Crippen molar-refractivity contribution in [3.8, 4) is 5.75 Å². The molecule has 0 saturated heterocycles. The number of aryl methyl sites for hydroxylation is 1. The molecular formula is C7H7BClFO3. The minimum Gasteiger partial charge on any atom is -0.505 e. The Morgan fingerprint density at radius 2 is 2.00 bits per heavy atom. The average molecular weight is 204 g/mol. The zero-order valence-electron chi connectivity index (χ0n) is 6.75. The van der Waals surface area contributed by atoms with Gasteiger partial charge in [-0.05, 0) is 18.6 Å². The summed E-state index contributed by atoms with van der Waals surface area (Å²) in [5.41, 5.74) is 0.0563. The third-order valence-electron chi connectivity index (χ3n) is 1.70. The summed E-state index contributed by atoms with van der Waals surface area (Å²) in [5, 5.41) is 26.5. The minimum atomic E-state index is -1.91. The molecular weight excluding hydrogens is 197 g/mol. The maximum absolute atomic E-state index is 12.9. The molecule has 13 heavy (non-hydrogen) atoms. The van der Waals surface area contributed by atoms with Gasteiger partial charge in [0, 0.05) is 5.46 Å². The molecule has 0 atom stereocenters. The van der Waals surface area contributed by atoms with E-state index in [0.29, 0.717) is 5.56 Å². The van der Waals surface area contributed by atoms with Crippen molar-refractivity contribution >= 4 is 24.2 Å². The van der Waals surface area contributed by atoms with Gasteiger partial charge in [0.1, 0.15) is 0 Å². The first kappa shape index (κ1) is 10.3. The van der Waals surface area contributed by atoms with Crippen molar-refractivity contribution in [2.45, 2.75) is 6.92 Å². The Kier molecular flexibility index (Phi) is 2.80. The lowest BCUT2D eigenvalue weighted by atomic mass is 9.76. The van der Waals surface area contributed by atoms with Gasteiger partial charge in [-0.3, -0.25) is 0 Å². The first-order valence-corrected chi connectivity index (χ1v) is 3.86. The number of phenolic OH excluding ortho intramolecular Hbond substituents is 1. The molecule has 70 valence electrons. The lowest BCUT2D eigenvalue weighted by Crippen LogP contribution is -2.33. The van der Waals surface area contributed by atoms with Crippen LogP contribution in [-0.4, -0.2) is 22.3 Å². The second-order valence-electron chi connectivity index (χ2n) is 2.63. The van der Waals surface area contributed by atoms with Crippen molar-refractivity contribution in [1.29, 1.82) is 0 Å². The van der Waals surface area contributed by atoms with Crippen molar-refractivity contribution in [2.24, 2.45) is 0 Å². The number of hydrogen-bond acceptors (Lipinski definition) is 3. The Labute approximate surface area is 79.5 Å². The van der Waals surface area contributed by atoms with Crippen LogP contribution in [0.15, 0.2) is 6.07 Å². The molecule has 6 heteroatoms. The molecule has 0 aliphatic rings. The number of hydrogen-bond donors (Lipinski definition) is 3. The molecule has 0 heterocycles. The van der Waals surface area contributed by atoms with Crippen LogP contribution in [0.1, 0.15) is 5.56 Å². The highest BCUT2D eigenvalue weighted by atomic mass is 35.5. The number of aromatic hydroxyl groups is 1. The lowest BCUT2D eigenvalue weighted by molar-refractivity contribution is 0.410. The van der Waals surface area contributed by atoms with Gasteiger partial charge in [-0.1, -0.05) is 11.6 Å². The van der Waals surface area contributed by atoms with Gasteiger partial charge >= 0.3 is 7.12 Å². The minimum absolute atomic E-state index is 0.251. The van der Waals surface area contributed by atoms with Gasteiger partial charge in [0.05, 0.1) is 5.02 Å². The third-order valence-corrected chi connectivity index (χ3v) is 1.97. The zero-order chi connectivity index (χ0) is 10.2. The third kappa shape index (κ3) is 1.77. The fraction of sp³-hybridized carbons (Fsp3) is 0.143. The summed E-state index contributed by atoms with van der Waals surface area (Å²) in [6, 6.07) is 1.21. The molecule has 0 radical (unpaired) electrons. The van der Waals surface area contributed by atoms with Crippen LogP contribution >= 0.6 is 11.6 Å². The van der Waals surface area contributed by atoms with Crippen LogP contribution < -0.4 is 5.46 Å². The van der Waals surface area contributed by atoms with E-state index in [1.165, 1.54) is 13.0 Å². The molecule has 3 nitrogen and oxygen atoms in total. The van der Waals surface area contributed by atoms with E-state index in [1.807, 2.05) is 0 Å². The van der Waals surface area contributed by atoms with Gasteiger partial charge in [-0.2, -0.15) is 0 Å². The van der Waals surface area contributed by atoms with Gasteiger partial charge in [0.15, 0.2) is 11.6 Å². The topological polar surface area (TPSA) is 60.7 Å². The Bertz CT molecular complexity index is 343. The summed E-state index contributed by atoms with van der Waals surface area (Å²) in [4.78, 5) is 0. The number of halogens is 2. The van der Waals surface area contributed by atoms with Crippen molar-refractivity contribution in [3.05, 3.63) is 22.5 Å². The smallest absolute Gasteiger partial charge is 0.492 e. The van der Waals surface area contributed by atoms with E-state index in [1.54, 1.807) is 0 Å². The summed E-state index contributed by atoms with van der Waals surface area (Å²) in [6.07, 6.45) is 0. The molecule has 3 N–H and O–H groups in total. The molecule has 0 bridgehead atoms. The van der Waals surface area contributed by atoms with Crippen LogP contribution in [0.2, 0.25) is 5.02 Å². The standard InChI is InChI=1S/C7H7BClFO3/c1-3-2-4(9)6(10)7(11)5(3)8(12)13/h2,11-13H,1H3. The number of benzene rings is 1. The van der Waals surface area contributed by atoms with Crippen LogP contribution in [0.3, 0.4) is 0 Å². The fourth-order valence-corrected chi connectivity index (χ4v) is 1.33. The van der Waals surface area contributed by atoms with E-state index >= 15 is 0 Å². The summed E-state index contributed by atoms with van der Waals surface area (Å²) in [6.45, 7) is 1.49. The summed E-state index contributed by atoms with van der Waals surface area (Å²) >= 11 is 5.40. The second-order valence-corrected chi connectivity index (χ2v) is 3.03. The quantitative estimate of drug-likeness (QED) is 0.572. The second kappa shape index (κ2) is 3.53.